The van der Waals surface area contributed by atoms with Gasteiger partial charge in [-0.05, 0) is 61.0 Å². The first-order valence-electron chi connectivity index (χ1n) is 11.7. The van der Waals surface area contributed by atoms with E-state index in [-0.39, 0.29) is 12.3 Å². The first-order valence-corrected chi connectivity index (χ1v) is 11.7. The van der Waals surface area contributed by atoms with Crippen molar-refractivity contribution in [3.63, 3.8) is 0 Å². The second-order valence-corrected chi connectivity index (χ2v) is 8.33. The van der Waals surface area contributed by atoms with Gasteiger partial charge in [0.15, 0.2) is 0 Å². The Morgan fingerprint density at radius 2 is 1.81 bits per heavy atom. The second-order valence-electron chi connectivity index (χ2n) is 8.33. The number of benzene rings is 3. The van der Waals surface area contributed by atoms with E-state index in [1.165, 1.54) is 29.2 Å². The number of aliphatic hydroxyl groups is 1. The molecule has 1 unspecified atom stereocenters. The Morgan fingerprint density at radius 1 is 1.05 bits per heavy atom. The molecule has 8 nitrogen and oxygen atoms in total. The van der Waals surface area contributed by atoms with Crippen molar-refractivity contribution in [2.45, 2.75) is 26.3 Å². The second kappa shape index (κ2) is 12.2. The number of aliphatic carboxylic acids is 1. The minimum atomic E-state index is -1.56. The van der Waals surface area contributed by atoms with E-state index in [1.807, 2.05) is 37.3 Å². The summed E-state index contributed by atoms with van der Waals surface area (Å²) in [6.45, 7) is 1.84. The van der Waals surface area contributed by atoms with Crippen LogP contribution >= 0.6 is 0 Å². The Hall–Kier alpha value is -4.21. The van der Waals surface area contributed by atoms with Crippen LogP contribution < -0.4 is 9.47 Å². The van der Waals surface area contributed by atoms with E-state index >= 15 is 0 Å². The van der Waals surface area contributed by atoms with Crippen LogP contribution in [0.15, 0.2) is 83.3 Å². The molecule has 0 aliphatic heterocycles. The van der Waals surface area contributed by atoms with Gasteiger partial charge in [0.1, 0.15) is 29.6 Å². The van der Waals surface area contributed by atoms with Crippen LogP contribution in [-0.2, 0) is 17.8 Å². The predicted molar refractivity (Wildman–Crippen MR) is 133 cm³/mol. The number of oxazole rings is 1. The summed E-state index contributed by atoms with van der Waals surface area (Å²) in [5, 5.41) is 19.8. The highest BCUT2D eigenvalue weighted by atomic mass is 19.1. The summed E-state index contributed by atoms with van der Waals surface area (Å²) in [5.74, 6) is 0.514. The Balaban J connectivity index is 1.36. The van der Waals surface area contributed by atoms with Crippen molar-refractivity contribution in [2.24, 2.45) is 0 Å². The summed E-state index contributed by atoms with van der Waals surface area (Å²) in [7, 11) is 0. The average Bonchev–Trinajstić information content (AvgIpc) is 3.26. The molecule has 0 aliphatic rings. The molecule has 4 aromatic rings. The van der Waals surface area contributed by atoms with Crippen LogP contribution in [0.25, 0.3) is 11.5 Å². The number of carboxylic acid groups (broad SMARTS) is 1. The Morgan fingerprint density at radius 3 is 2.54 bits per heavy atom. The zero-order chi connectivity index (χ0) is 26.2. The van der Waals surface area contributed by atoms with E-state index in [2.05, 4.69) is 4.98 Å². The van der Waals surface area contributed by atoms with Crippen LogP contribution in [-0.4, -0.2) is 45.6 Å². The smallest absolute Gasteiger partial charge is 0.317 e. The normalized spacial score (nSPS) is 11.9. The van der Waals surface area contributed by atoms with Crippen molar-refractivity contribution in [1.29, 1.82) is 0 Å². The maximum Gasteiger partial charge on any atom is 0.317 e. The number of hydrogen-bond acceptors (Lipinski definition) is 7. The third kappa shape index (κ3) is 7.39. The van der Waals surface area contributed by atoms with Crippen LogP contribution in [0, 0.1) is 12.7 Å². The third-order valence-corrected chi connectivity index (χ3v) is 5.51. The summed E-state index contributed by atoms with van der Waals surface area (Å²) >= 11 is 0. The number of nitrogens with zero attached hydrogens (tertiary/aromatic N) is 2. The lowest BCUT2D eigenvalue weighted by atomic mass is 10.2. The summed E-state index contributed by atoms with van der Waals surface area (Å²) < 4.78 is 30.2. The number of aryl methyl sites for hydroxylation is 1. The number of rotatable bonds is 12. The Labute approximate surface area is 213 Å². The van der Waals surface area contributed by atoms with Gasteiger partial charge in [0, 0.05) is 18.5 Å². The fourth-order valence-electron chi connectivity index (χ4n) is 3.69. The lowest BCUT2D eigenvalue weighted by Gasteiger charge is -2.26. The Kier molecular flexibility index (Phi) is 8.50. The monoisotopic (exact) mass is 506 g/mol. The minimum absolute atomic E-state index is 0.0781. The molecule has 0 amide bonds. The number of carbonyl (C=O) groups is 1. The molecular formula is C28H27FN2O6. The SMILES string of the molecule is Cc1oc(-c2ccccc2)nc1CCOc1cccc(CN(CC(=O)O)C(O)Oc2ccc(F)cc2)c1. The van der Waals surface area contributed by atoms with E-state index in [0.717, 1.165) is 17.0 Å². The number of carboxylic acids is 1. The fraction of sp³-hybridized carbons (Fsp3) is 0.214. The number of ether oxygens (including phenoxy) is 2. The molecule has 1 aromatic heterocycles. The van der Waals surface area contributed by atoms with Crippen LogP contribution in [0.2, 0.25) is 0 Å². The molecule has 9 heteroatoms. The van der Waals surface area contributed by atoms with Gasteiger partial charge in [0.05, 0.1) is 12.3 Å². The third-order valence-electron chi connectivity index (χ3n) is 5.51. The molecule has 0 radical (unpaired) electrons. The molecule has 0 fully saturated rings. The lowest BCUT2D eigenvalue weighted by Crippen LogP contribution is -2.42. The van der Waals surface area contributed by atoms with E-state index < -0.39 is 24.7 Å². The van der Waals surface area contributed by atoms with Gasteiger partial charge in [-0.3, -0.25) is 4.79 Å². The van der Waals surface area contributed by atoms with Crippen LogP contribution in [0.4, 0.5) is 4.39 Å². The van der Waals surface area contributed by atoms with Gasteiger partial charge >= 0.3 is 5.97 Å². The number of aliphatic hydroxyl groups excluding tert-OH is 1. The van der Waals surface area contributed by atoms with Crippen molar-refractivity contribution in [3.05, 3.63) is 102 Å². The molecule has 192 valence electrons. The number of halogens is 1. The zero-order valence-electron chi connectivity index (χ0n) is 20.2. The van der Waals surface area contributed by atoms with Gasteiger partial charge in [0.2, 0.25) is 5.89 Å². The highest BCUT2D eigenvalue weighted by molar-refractivity contribution is 5.69. The van der Waals surface area contributed by atoms with Crippen molar-refractivity contribution < 1.29 is 33.3 Å². The van der Waals surface area contributed by atoms with Crippen molar-refractivity contribution >= 4 is 5.97 Å². The summed E-state index contributed by atoms with van der Waals surface area (Å²) in [4.78, 5) is 17.2. The van der Waals surface area contributed by atoms with Gasteiger partial charge < -0.3 is 24.1 Å². The van der Waals surface area contributed by atoms with Crippen LogP contribution in [0.1, 0.15) is 17.0 Å². The quantitative estimate of drug-likeness (QED) is 0.268. The highest BCUT2D eigenvalue weighted by Gasteiger charge is 2.21. The molecule has 3 aromatic carbocycles. The van der Waals surface area contributed by atoms with Gasteiger partial charge in [0.25, 0.3) is 6.41 Å². The van der Waals surface area contributed by atoms with Gasteiger partial charge in [-0.15, -0.1) is 0 Å². The van der Waals surface area contributed by atoms with Crippen molar-refractivity contribution in [3.8, 4) is 23.0 Å². The first kappa shape index (κ1) is 25.9. The summed E-state index contributed by atoms with van der Waals surface area (Å²) in [6.07, 6.45) is -1.01. The topological polar surface area (TPSA) is 105 Å². The molecule has 0 aliphatic carbocycles. The molecule has 1 heterocycles. The van der Waals surface area contributed by atoms with E-state index in [1.54, 1.807) is 24.3 Å². The molecule has 2 N–H and O–H groups in total. The van der Waals surface area contributed by atoms with Crippen LogP contribution in [0.5, 0.6) is 11.5 Å². The first-order chi connectivity index (χ1) is 17.9. The largest absolute Gasteiger partial charge is 0.493 e. The minimum Gasteiger partial charge on any atom is -0.493 e. The molecule has 0 saturated heterocycles. The van der Waals surface area contributed by atoms with Gasteiger partial charge in [-0.25, -0.2) is 14.3 Å². The summed E-state index contributed by atoms with van der Waals surface area (Å²) in [5.41, 5.74) is 2.43. The molecule has 0 saturated carbocycles. The highest BCUT2D eigenvalue weighted by Crippen LogP contribution is 2.22. The average molecular weight is 507 g/mol. The molecule has 4 rings (SSSR count). The molecule has 0 bridgehead atoms. The zero-order valence-corrected chi connectivity index (χ0v) is 20.2. The van der Waals surface area contributed by atoms with Crippen molar-refractivity contribution in [2.75, 3.05) is 13.2 Å². The van der Waals surface area contributed by atoms with E-state index in [9.17, 15) is 19.4 Å². The van der Waals surface area contributed by atoms with Crippen LogP contribution in [0.3, 0.4) is 0 Å². The molecule has 0 spiro atoms. The van der Waals surface area contributed by atoms with E-state index in [4.69, 9.17) is 13.9 Å². The maximum atomic E-state index is 13.1. The predicted octanol–water partition coefficient (Wildman–Crippen LogP) is 4.65. The lowest BCUT2D eigenvalue weighted by molar-refractivity contribution is -0.161. The molecular weight excluding hydrogens is 479 g/mol. The number of aromatic nitrogens is 1. The molecule has 37 heavy (non-hydrogen) atoms. The van der Waals surface area contributed by atoms with E-state index in [0.29, 0.717) is 30.2 Å². The maximum absolute atomic E-state index is 13.1. The van der Waals surface area contributed by atoms with Gasteiger partial charge in [-0.1, -0.05) is 30.3 Å². The number of hydrogen-bond donors (Lipinski definition) is 2. The summed E-state index contributed by atoms with van der Waals surface area (Å²) in [6, 6.07) is 21.9. The molecule has 1 atom stereocenters. The Bertz CT molecular complexity index is 1310. The fourth-order valence-corrected chi connectivity index (χ4v) is 3.69. The van der Waals surface area contributed by atoms with Gasteiger partial charge in [-0.2, -0.15) is 0 Å². The van der Waals surface area contributed by atoms with Crippen molar-refractivity contribution in [1.82, 2.24) is 9.88 Å². The standard InChI is InChI=1S/C28H27FN2O6/c1-19-25(30-27(36-19)21-7-3-2-4-8-21)14-15-35-24-9-5-6-20(16-24)17-31(18-26(32)33)28(34)37-23-12-10-22(29)11-13-23/h2-13,16,28,34H,14-15,17-18H2,1H3,(H,32,33).